The van der Waals surface area contributed by atoms with Gasteiger partial charge in [0.1, 0.15) is 6.04 Å². The van der Waals surface area contributed by atoms with E-state index in [1.54, 1.807) is 12.5 Å². The van der Waals surface area contributed by atoms with Crippen molar-refractivity contribution in [1.82, 2.24) is 14.9 Å². The third-order valence-electron chi connectivity index (χ3n) is 2.29. The minimum absolute atomic E-state index is 0.00812. The molecule has 1 rings (SSSR count). The number of nitrogens with one attached hydrogen (secondary N) is 1. The number of hydrogen-bond acceptors (Lipinski definition) is 3. The van der Waals surface area contributed by atoms with Crippen molar-refractivity contribution in [2.45, 2.75) is 26.3 Å². The maximum atomic E-state index is 11.6. The lowest BCUT2D eigenvalue weighted by atomic mass is 10.2. The predicted molar refractivity (Wildman–Crippen MR) is 58.4 cm³/mol. The summed E-state index contributed by atoms with van der Waals surface area (Å²) in [5, 5.41) is 2.78. The fraction of sp³-hybridized carbons (Fsp3) is 0.600. The van der Waals surface area contributed by atoms with E-state index in [2.05, 4.69) is 10.3 Å². The molecule has 1 aromatic rings. The zero-order chi connectivity index (χ0) is 11.3. The van der Waals surface area contributed by atoms with Crippen LogP contribution in [0, 0.1) is 0 Å². The molecule has 0 fully saturated rings. The molecule has 5 nitrogen and oxygen atoms in total. The minimum Gasteiger partial charge on any atom is -0.355 e. The van der Waals surface area contributed by atoms with E-state index in [-0.39, 0.29) is 11.9 Å². The summed E-state index contributed by atoms with van der Waals surface area (Å²) in [5.41, 5.74) is 6.48. The molecule has 0 saturated heterocycles. The summed E-state index contributed by atoms with van der Waals surface area (Å²) in [7, 11) is 0. The number of amides is 1. The maximum Gasteiger partial charge on any atom is 0.242 e. The van der Waals surface area contributed by atoms with Crippen LogP contribution in [0.15, 0.2) is 12.5 Å². The highest BCUT2D eigenvalue weighted by Crippen LogP contribution is 2.10. The molecular weight excluding hydrogens is 192 g/mol. The summed E-state index contributed by atoms with van der Waals surface area (Å²) < 4.78 is 1.86. The van der Waals surface area contributed by atoms with E-state index >= 15 is 0 Å². The Morgan fingerprint density at radius 2 is 2.47 bits per heavy atom. The van der Waals surface area contributed by atoms with E-state index < -0.39 is 0 Å². The Hall–Kier alpha value is -1.36. The molecule has 0 radical (unpaired) electrons. The molecule has 1 atom stereocenters. The molecule has 84 valence electrons. The van der Waals surface area contributed by atoms with Crippen molar-refractivity contribution in [2.75, 3.05) is 13.1 Å². The maximum absolute atomic E-state index is 11.6. The molecule has 1 aromatic heterocycles. The number of likely N-dealkylation sites (N-methyl/N-ethyl adjacent to an activating group) is 1. The van der Waals surface area contributed by atoms with Crippen LogP contribution in [0.4, 0.5) is 0 Å². The summed E-state index contributed by atoms with van der Waals surface area (Å²) in [6, 6.07) is -0.228. The van der Waals surface area contributed by atoms with Crippen LogP contribution >= 0.6 is 0 Å². The Balaban J connectivity index is 2.76. The number of nitrogens with two attached hydrogens (primary N) is 1. The second-order valence-electron chi connectivity index (χ2n) is 3.40. The van der Waals surface area contributed by atoms with Gasteiger partial charge in [0.15, 0.2) is 0 Å². The molecule has 3 N–H and O–H groups in total. The number of aromatic nitrogens is 2. The molecule has 0 aromatic carbocycles. The first kappa shape index (κ1) is 11.7. The average molecular weight is 210 g/mol. The molecule has 1 unspecified atom stereocenters. The standard InChI is InChI=1S/C10H18N4O/c1-3-13-10(15)8(2)14-7-12-6-9(14)4-5-11/h6-8H,3-5,11H2,1-2H3,(H,13,15). The van der Waals surface area contributed by atoms with E-state index in [0.29, 0.717) is 13.1 Å². The van der Waals surface area contributed by atoms with Gasteiger partial charge in [-0.25, -0.2) is 4.98 Å². The van der Waals surface area contributed by atoms with Crippen molar-refractivity contribution in [3.05, 3.63) is 18.2 Å². The van der Waals surface area contributed by atoms with Gasteiger partial charge in [-0.2, -0.15) is 0 Å². The van der Waals surface area contributed by atoms with Gasteiger partial charge in [0, 0.05) is 24.9 Å². The molecule has 0 aliphatic rings. The number of nitrogens with zero attached hydrogens (tertiary/aromatic N) is 2. The van der Waals surface area contributed by atoms with E-state index in [1.807, 2.05) is 18.4 Å². The van der Waals surface area contributed by atoms with Crippen molar-refractivity contribution in [3.8, 4) is 0 Å². The summed E-state index contributed by atoms with van der Waals surface area (Å²) in [6.07, 6.45) is 4.16. The average Bonchev–Trinajstić information content (AvgIpc) is 2.66. The minimum atomic E-state index is -0.228. The van der Waals surface area contributed by atoms with Crippen molar-refractivity contribution in [1.29, 1.82) is 0 Å². The monoisotopic (exact) mass is 210 g/mol. The highest BCUT2D eigenvalue weighted by Gasteiger charge is 2.15. The van der Waals surface area contributed by atoms with Gasteiger partial charge in [-0.3, -0.25) is 4.79 Å². The van der Waals surface area contributed by atoms with E-state index in [4.69, 9.17) is 5.73 Å². The molecule has 1 amide bonds. The largest absolute Gasteiger partial charge is 0.355 e. The van der Waals surface area contributed by atoms with E-state index in [0.717, 1.165) is 12.1 Å². The Morgan fingerprint density at radius 3 is 3.07 bits per heavy atom. The van der Waals surface area contributed by atoms with Gasteiger partial charge in [-0.1, -0.05) is 0 Å². The lowest BCUT2D eigenvalue weighted by Gasteiger charge is -2.15. The number of carbonyl (C=O) groups is 1. The summed E-state index contributed by atoms with van der Waals surface area (Å²) in [5.74, 6) is 0.00812. The van der Waals surface area contributed by atoms with E-state index in [1.165, 1.54) is 0 Å². The van der Waals surface area contributed by atoms with Crippen LogP contribution < -0.4 is 11.1 Å². The van der Waals surface area contributed by atoms with Crippen LogP contribution in [0.5, 0.6) is 0 Å². The number of rotatable bonds is 5. The molecule has 0 spiro atoms. The third-order valence-corrected chi connectivity index (χ3v) is 2.29. The zero-order valence-corrected chi connectivity index (χ0v) is 9.23. The van der Waals surface area contributed by atoms with Crippen molar-refractivity contribution >= 4 is 5.91 Å². The van der Waals surface area contributed by atoms with Gasteiger partial charge >= 0.3 is 0 Å². The second kappa shape index (κ2) is 5.50. The molecular formula is C10H18N4O. The van der Waals surface area contributed by atoms with Crippen molar-refractivity contribution in [3.63, 3.8) is 0 Å². The van der Waals surface area contributed by atoms with Crippen LogP contribution in [0.1, 0.15) is 25.6 Å². The smallest absolute Gasteiger partial charge is 0.242 e. The van der Waals surface area contributed by atoms with Crippen LogP contribution in [-0.2, 0) is 11.2 Å². The van der Waals surface area contributed by atoms with Gasteiger partial charge in [0.05, 0.1) is 6.33 Å². The van der Waals surface area contributed by atoms with Gasteiger partial charge in [0.2, 0.25) is 5.91 Å². The quantitative estimate of drug-likeness (QED) is 0.723. The fourth-order valence-electron chi connectivity index (χ4n) is 1.47. The topological polar surface area (TPSA) is 72.9 Å². The normalized spacial score (nSPS) is 12.5. The van der Waals surface area contributed by atoms with Gasteiger partial charge in [-0.15, -0.1) is 0 Å². The zero-order valence-electron chi connectivity index (χ0n) is 9.23. The predicted octanol–water partition coefficient (Wildman–Crippen LogP) is 0.0814. The Bertz CT molecular complexity index is 321. The summed E-state index contributed by atoms with van der Waals surface area (Å²) in [4.78, 5) is 15.6. The van der Waals surface area contributed by atoms with Gasteiger partial charge in [-0.05, 0) is 20.4 Å². The SMILES string of the molecule is CCNC(=O)C(C)n1cncc1CCN. The number of imidazole rings is 1. The lowest BCUT2D eigenvalue weighted by molar-refractivity contribution is -0.123. The molecule has 0 saturated carbocycles. The Labute approximate surface area is 89.7 Å². The lowest BCUT2D eigenvalue weighted by Crippen LogP contribution is -2.31. The van der Waals surface area contributed by atoms with Crippen LogP contribution in [0.2, 0.25) is 0 Å². The Kier molecular flexibility index (Phi) is 4.30. The highest BCUT2D eigenvalue weighted by molar-refractivity contribution is 5.79. The van der Waals surface area contributed by atoms with Crippen LogP contribution in [-0.4, -0.2) is 28.5 Å². The van der Waals surface area contributed by atoms with Crippen molar-refractivity contribution < 1.29 is 4.79 Å². The molecule has 15 heavy (non-hydrogen) atoms. The van der Waals surface area contributed by atoms with Gasteiger partial charge < -0.3 is 15.6 Å². The summed E-state index contributed by atoms with van der Waals surface area (Å²) >= 11 is 0. The first-order valence-corrected chi connectivity index (χ1v) is 5.19. The fourth-order valence-corrected chi connectivity index (χ4v) is 1.47. The second-order valence-corrected chi connectivity index (χ2v) is 3.40. The summed E-state index contributed by atoms with van der Waals surface area (Å²) in [6.45, 7) is 4.96. The number of carbonyl (C=O) groups excluding carboxylic acids is 1. The number of hydrogen-bond donors (Lipinski definition) is 2. The van der Waals surface area contributed by atoms with Crippen molar-refractivity contribution in [2.24, 2.45) is 5.73 Å². The molecule has 0 bridgehead atoms. The van der Waals surface area contributed by atoms with Crippen LogP contribution in [0.25, 0.3) is 0 Å². The first-order valence-electron chi connectivity index (χ1n) is 5.19. The van der Waals surface area contributed by atoms with E-state index in [9.17, 15) is 4.79 Å². The highest BCUT2D eigenvalue weighted by atomic mass is 16.2. The molecule has 0 aliphatic carbocycles. The van der Waals surface area contributed by atoms with Crippen LogP contribution in [0.3, 0.4) is 0 Å². The Morgan fingerprint density at radius 1 is 1.73 bits per heavy atom. The molecule has 1 heterocycles. The molecule has 0 aliphatic heterocycles. The molecule has 5 heteroatoms. The third kappa shape index (κ3) is 2.79. The van der Waals surface area contributed by atoms with Gasteiger partial charge in [0.25, 0.3) is 0 Å². The first-order chi connectivity index (χ1) is 7.20.